The summed E-state index contributed by atoms with van der Waals surface area (Å²) in [6.45, 7) is 6.65. The molecule has 1 N–H and O–H groups in total. The second kappa shape index (κ2) is 13.0. The molecule has 0 aliphatic rings. The number of carbonyl (C=O) groups is 2. The summed E-state index contributed by atoms with van der Waals surface area (Å²) >= 11 is 6.42. The van der Waals surface area contributed by atoms with Crippen LogP contribution < -0.4 is 14.4 Å². The minimum Gasteiger partial charge on any atom is -0.497 e. The number of carbonyl (C=O) groups excluding carboxylic acids is 2. The van der Waals surface area contributed by atoms with E-state index >= 15 is 0 Å². The van der Waals surface area contributed by atoms with Crippen LogP contribution in [0.15, 0.2) is 77.7 Å². The first-order valence-corrected chi connectivity index (χ1v) is 14.3. The predicted molar refractivity (Wildman–Crippen MR) is 153 cm³/mol. The average molecular weight is 572 g/mol. The zero-order chi connectivity index (χ0) is 28.7. The van der Waals surface area contributed by atoms with E-state index < -0.39 is 28.5 Å². The molecular formula is C29H34ClN3O5S. The third kappa shape index (κ3) is 7.52. The van der Waals surface area contributed by atoms with E-state index in [-0.39, 0.29) is 34.1 Å². The lowest BCUT2D eigenvalue weighted by atomic mass is 10.1. The Morgan fingerprint density at radius 2 is 1.56 bits per heavy atom. The molecule has 1 unspecified atom stereocenters. The Morgan fingerprint density at radius 1 is 0.949 bits per heavy atom. The van der Waals surface area contributed by atoms with Crippen LogP contribution in [0.3, 0.4) is 0 Å². The van der Waals surface area contributed by atoms with Gasteiger partial charge in [0, 0.05) is 12.6 Å². The molecule has 0 fully saturated rings. The van der Waals surface area contributed by atoms with Gasteiger partial charge in [0.2, 0.25) is 11.8 Å². The van der Waals surface area contributed by atoms with Gasteiger partial charge in [0.1, 0.15) is 18.3 Å². The third-order valence-electron chi connectivity index (χ3n) is 6.12. The molecular weight excluding hydrogens is 538 g/mol. The maximum absolute atomic E-state index is 13.9. The number of para-hydroxylation sites is 1. The highest BCUT2D eigenvalue weighted by molar-refractivity contribution is 7.92. The van der Waals surface area contributed by atoms with Crippen molar-refractivity contribution in [3.8, 4) is 5.75 Å². The summed E-state index contributed by atoms with van der Waals surface area (Å²) in [6, 6.07) is 18.9. The summed E-state index contributed by atoms with van der Waals surface area (Å²) in [6.07, 6.45) is 0. The predicted octanol–water partition coefficient (Wildman–Crippen LogP) is 4.79. The molecule has 208 valence electrons. The van der Waals surface area contributed by atoms with Crippen molar-refractivity contribution in [3.63, 3.8) is 0 Å². The first-order chi connectivity index (χ1) is 18.4. The Labute approximate surface area is 235 Å². The molecule has 3 rings (SSSR count). The molecule has 0 aliphatic carbocycles. The van der Waals surface area contributed by atoms with E-state index in [1.807, 2.05) is 20.8 Å². The number of anilines is 1. The molecule has 2 amide bonds. The Kier molecular flexibility index (Phi) is 9.99. The summed E-state index contributed by atoms with van der Waals surface area (Å²) in [7, 11) is -2.63. The van der Waals surface area contributed by atoms with Crippen molar-refractivity contribution in [2.75, 3.05) is 18.0 Å². The lowest BCUT2D eigenvalue weighted by Gasteiger charge is -2.32. The van der Waals surface area contributed by atoms with Crippen LogP contribution >= 0.6 is 11.6 Å². The van der Waals surface area contributed by atoms with Gasteiger partial charge in [-0.25, -0.2) is 8.42 Å². The molecule has 10 heteroatoms. The number of hydrogen-bond acceptors (Lipinski definition) is 5. The van der Waals surface area contributed by atoms with E-state index in [2.05, 4.69) is 5.32 Å². The van der Waals surface area contributed by atoms with E-state index in [4.69, 9.17) is 16.3 Å². The molecule has 0 aliphatic heterocycles. The standard InChI is InChI=1S/C29H34ClN3O5S/c1-20(2)31-29(35)22(4)32(18-23-12-14-24(38-5)15-13-23)28(34)19-33(27-9-7-6-8-26(27)30)39(36,37)25-16-10-21(3)11-17-25/h6-17,20,22H,18-19H2,1-5H3,(H,31,35). The van der Waals surface area contributed by atoms with Gasteiger partial charge in [-0.15, -0.1) is 0 Å². The van der Waals surface area contributed by atoms with E-state index in [9.17, 15) is 18.0 Å². The van der Waals surface area contributed by atoms with Crippen LogP contribution in [0, 0.1) is 6.92 Å². The Morgan fingerprint density at radius 3 is 2.13 bits per heavy atom. The number of aryl methyl sites for hydroxylation is 1. The highest BCUT2D eigenvalue weighted by atomic mass is 35.5. The Hall–Kier alpha value is -3.56. The van der Waals surface area contributed by atoms with Crippen molar-refractivity contribution >= 4 is 39.1 Å². The van der Waals surface area contributed by atoms with Gasteiger partial charge in [-0.1, -0.05) is 53.6 Å². The smallest absolute Gasteiger partial charge is 0.264 e. The summed E-state index contributed by atoms with van der Waals surface area (Å²) < 4.78 is 33.9. The fraction of sp³-hybridized carbons (Fsp3) is 0.310. The van der Waals surface area contributed by atoms with Crippen molar-refractivity contribution in [2.24, 2.45) is 0 Å². The SMILES string of the molecule is COc1ccc(CN(C(=O)CN(c2ccccc2Cl)S(=O)(=O)c2ccc(C)cc2)C(C)C(=O)NC(C)C)cc1. The summed E-state index contributed by atoms with van der Waals surface area (Å²) in [4.78, 5) is 28.3. The van der Waals surface area contributed by atoms with Crippen LogP contribution in [0.1, 0.15) is 31.9 Å². The van der Waals surface area contributed by atoms with Crippen LogP contribution in [0.4, 0.5) is 5.69 Å². The molecule has 0 aromatic heterocycles. The number of hydrogen-bond donors (Lipinski definition) is 1. The van der Waals surface area contributed by atoms with Gasteiger partial charge in [-0.3, -0.25) is 13.9 Å². The number of ether oxygens (including phenoxy) is 1. The van der Waals surface area contributed by atoms with Crippen LogP contribution in [-0.4, -0.2) is 50.9 Å². The second-order valence-corrected chi connectivity index (χ2v) is 11.8. The van der Waals surface area contributed by atoms with Gasteiger partial charge in [-0.2, -0.15) is 0 Å². The number of rotatable bonds is 11. The fourth-order valence-corrected chi connectivity index (χ4v) is 5.64. The van der Waals surface area contributed by atoms with Gasteiger partial charge < -0.3 is 15.0 Å². The van der Waals surface area contributed by atoms with Crippen LogP contribution in [0.25, 0.3) is 0 Å². The molecule has 0 heterocycles. The number of benzene rings is 3. The number of halogens is 1. The topological polar surface area (TPSA) is 96.0 Å². The number of nitrogens with one attached hydrogen (secondary N) is 1. The first kappa shape index (κ1) is 30.0. The van der Waals surface area contributed by atoms with Crippen molar-refractivity contribution in [2.45, 2.75) is 51.2 Å². The summed E-state index contributed by atoms with van der Waals surface area (Å²) in [5.41, 5.74) is 1.81. The molecule has 0 spiro atoms. The molecule has 0 radical (unpaired) electrons. The highest BCUT2D eigenvalue weighted by Crippen LogP contribution is 2.31. The van der Waals surface area contributed by atoms with E-state index in [1.54, 1.807) is 74.7 Å². The minimum atomic E-state index is -4.18. The molecule has 0 saturated heterocycles. The second-order valence-electron chi connectivity index (χ2n) is 9.49. The molecule has 3 aromatic rings. The first-order valence-electron chi connectivity index (χ1n) is 12.5. The number of methoxy groups -OCH3 is 1. The van der Waals surface area contributed by atoms with Gasteiger partial charge in [0.05, 0.1) is 22.7 Å². The highest BCUT2D eigenvalue weighted by Gasteiger charge is 2.33. The lowest BCUT2D eigenvalue weighted by Crippen LogP contribution is -2.52. The normalized spacial score (nSPS) is 12.1. The van der Waals surface area contributed by atoms with Crippen LogP contribution in [-0.2, 0) is 26.2 Å². The van der Waals surface area contributed by atoms with E-state index in [0.29, 0.717) is 5.75 Å². The van der Waals surface area contributed by atoms with Crippen molar-refractivity contribution in [1.29, 1.82) is 0 Å². The van der Waals surface area contributed by atoms with Gasteiger partial charge in [-0.05, 0) is 69.7 Å². The Balaban J connectivity index is 2.03. The Bertz CT molecular complexity index is 1390. The lowest BCUT2D eigenvalue weighted by molar-refractivity contribution is -0.139. The fourth-order valence-electron chi connectivity index (χ4n) is 3.92. The zero-order valence-corrected chi connectivity index (χ0v) is 24.3. The van der Waals surface area contributed by atoms with Crippen molar-refractivity contribution in [1.82, 2.24) is 10.2 Å². The molecule has 39 heavy (non-hydrogen) atoms. The van der Waals surface area contributed by atoms with E-state index in [0.717, 1.165) is 15.4 Å². The number of amides is 2. The maximum atomic E-state index is 13.9. The number of sulfonamides is 1. The van der Waals surface area contributed by atoms with E-state index in [1.165, 1.54) is 17.0 Å². The van der Waals surface area contributed by atoms with Gasteiger partial charge in [0.25, 0.3) is 10.0 Å². The van der Waals surface area contributed by atoms with Crippen molar-refractivity contribution in [3.05, 3.63) is 88.9 Å². The minimum absolute atomic E-state index is 0.0214. The van der Waals surface area contributed by atoms with Gasteiger partial charge >= 0.3 is 0 Å². The molecule has 1 atom stereocenters. The maximum Gasteiger partial charge on any atom is 0.264 e. The molecule has 0 saturated carbocycles. The summed E-state index contributed by atoms with van der Waals surface area (Å²) in [5.74, 6) is -0.262. The third-order valence-corrected chi connectivity index (χ3v) is 8.21. The average Bonchev–Trinajstić information content (AvgIpc) is 2.90. The van der Waals surface area contributed by atoms with Crippen LogP contribution in [0.5, 0.6) is 5.75 Å². The number of nitrogens with zero attached hydrogens (tertiary/aromatic N) is 2. The molecule has 3 aromatic carbocycles. The quantitative estimate of drug-likeness (QED) is 0.357. The van der Waals surface area contributed by atoms with Gasteiger partial charge in [0.15, 0.2) is 0 Å². The molecule has 0 bridgehead atoms. The van der Waals surface area contributed by atoms with Crippen molar-refractivity contribution < 1.29 is 22.7 Å². The van der Waals surface area contributed by atoms with Crippen LogP contribution in [0.2, 0.25) is 5.02 Å². The zero-order valence-electron chi connectivity index (χ0n) is 22.7. The largest absolute Gasteiger partial charge is 0.497 e. The molecule has 8 nitrogen and oxygen atoms in total. The summed E-state index contributed by atoms with van der Waals surface area (Å²) in [5, 5.41) is 3.01. The monoisotopic (exact) mass is 571 g/mol.